The van der Waals surface area contributed by atoms with E-state index in [1.165, 1.54) is 19.2 Å². The number of rotatable bonds is 6. The van der Waals surface area contributed by atoms with Crippen LogP contribution < -0.4 is 14.9 Å². The maximum absolute atomic E-state index is 12.8. The summed E-state index contributed by atoms with van der Waals surface area (Å²) < 4.78 is 36.3. The van der Waals surface area contributed by atoms with Gasteiger partial charge in [0.15, 0.2) is 11.2 Å². The molecule has 1 atom stereocenters. The van der Waals surface area contributed by atoms with Crippen LogP contribution >= 0.6 is 0 Å². The fourth-order valence-corrected chi connectivity index (χ4v) is 5.23. The zero-order valence-corrected chi connectivity index (χ0v) is 19.6. The van der Waals surface area contributed by atoms with Crippen molar-refractivity contribution in [3.8, 4) is 5.88 Å². The van der Waals surface area contributed by atoms with Crippen LogP contribution in [0.1, 0.15) is 50.0 Å². The van der Waals surface area contributed by atoms with Crippen molar-refractivity contribution in [2.75, 3.05) is 11.1 Å². The molecule has 0 fully saturated rings. The molecule has 172 valence electrons. The second-order valence-corrected chi connectivity index (χ2v) is 9.71. The maximum Gasteiger partial charge on any atom is 0.310 e. The zero-order chi connectivity index (χ0) is 23.9. The summed E-state index contributed by atoms with van der Waals surface area (Å²) in [5, 5.41) is 3.54. The quantitative estimate of drug-likeness (QED) is 0.539. The van der Waals surface area contributed by atoms with Gasteiger partial charge < -0.3 is 13.9 Å². The number of aryl methyl sites for hydroxylation is 1. The van der Waals surface area contributed by atoms with Gasteiger partial charge in [0, 0.05) is 34.8 Å². The van der Waals surface area contributed by atoms with Gasteiger partial charge in [-0.05, 0) is 39.3 Å². The minimum atomic E-state index is -3.90. The van der Waals surface area contributed by atoms with Gasteiger partial charge in [-0.15, -0.1) is 0 Å². The summed E-state index contributed by atoms with van der Waals surface area (Å²) >= 11 is 0. The average Bonchev–Trinajstić information content (AvgIpc) is 2.72. The summed E-state index contributed by atoms with van der Waals surface area (Å²) in [6, 6.07) is 8.22. The SMILES string of the molecule is CCCS(=O)(=O)Oc1nccc2c1C(c1cccc3c(=O)cc(C)oc13)C(C(C)=O)=C(C)N2. The Labute approximate surface area is 191 Å². The highest BCUT2D eigenvalue weighted by Crippen LogP contribution is 2.47. The second-order valence-electron chi connectivity index (χ2n) is 8.02. The number of benzene rings is 1. The predicted molar refractivity (Wildman–Crippen MR) is 125 cm³/mol. The van der Waals surface area contributed by atoms with Gasteiger partial charge in [-0.25, -0.2) is 4.98 Å². The van der Waals surface area contributed by atoms with Crippen molar-refractivity contribution in [3.63, 3.8) is 0 Å². The van der Waals surface area contributed by atoms with Crippen LogP contribution in [0.25, 0.3) is 11.0 Å². The third-order valence-corrected chi connectivity index (χ3v) is 6.84. The van der Waals surface area contributed by atoms with Crippen LogP contribution in [0.5, 0.6) is 5.88 Å². The number of pyridine rings is 1. The number of anilines is 1. The van der Waals surface area contributed by atoms with Gasteiger partial charge in [0.1, 0.15) is 11.3 Å². The largest absolute Gasteiger partial charge is 0.461 e. The minimum absolute atomic E-state index is 0.114. The third kappa shape index (κ3) is 4.16. The Balaban J connectivity index is 2.06. The Hall–Kier alpha value is -3.46. The molecule has 4 rings (SSSR count). The summed E-state index contributed by atoms with van der Waals surface area (Å²) in [6.07, 6.45) is 1.82. The molecule has 1 N–H and O–H groups in total. The van der Waals surface area contributed by atoms with Gasteiger partial charge in [-0.3, -0.25) is 9.59 Å². The highest BCUT2D eigenvalue weighted by atomic mass is 32.2. The first-order valence-electron chi connectivity index (χ1n) is 10.6. The molecule has 1 aliphatic heterocycles. The summed E-state index contributed by atoms with van der Waals surface area (Å²) in [5.74, 6) is -0.835. The highest BCUT2D eigenvalue weighted by Gasteiger charge is 2.36. The summed E-state index contributed by atoms with van der Waals surface area (Å²) in [7, 11) is -3.90. The molecule has 33 heavy (non-hydrogen) atoms. The molecule has 1 aromatic carbocycles. The first-order chi connectivity index (χ1) is 15.6. The standard InChI is InChI=1S/C24H24N2O6S/c1-5-11-33(29,30)32-24-22-18(9-10-25-24)26-14(3)20(15(4)27)21(22)17-8-6-7-16-19(28)12-13(2)31-23(16)17/h6-10,12,21,26H,5,11H2,1-4H3. The second kappa shape index (κ2) is 8.47. The van der Waals surface area contributed by atoms with Crippen molar-refractivity contribution >= 4 is 32.6 Å². The number of aromatic nitrogens is 1. The van der Waals surface area contributed by atoms with Crippen LogP contribution in [0.15, 0.2) is 57.0 Å². The van der Waals surface area contributed by atoms with Crippen LogP contribution in [0.3, 0.4) is 0 Å². The number of hydrogen-bond acceptors (Lipinski definition) is 8. The summed E-state index contributed by atoms with van der Waals surface area (Å²) in [6.45, 7) is 6.62. The number of hydrogen-bond donors (Lipinski definition) is 1. The molecule has 0 saturated heterocycles. The van der Waals surface area contributed by atoms with Crippen LogP contribution in [-0.4, -0.2) is 24.9 Å². The molecule has 3 aromatic rings. The number of fused-ring (bicyclic) bond motifs is 2. The molecule has 2 aromatic heterocycles. The third-order valence-electron chi connectivity index (χ3n) is 5.52. The average molecular weight is 469 g/mol. The molecule has 0 amide bonds. The smallest absolute Gasteiger partial charge is 0.310 e. The van der Waals surface area contributed by atoms with Crippen LogP contribution in [-0.2, 0) is 14.9 Å². The van der Waals surface area contributed by atoms with Gasteiger partial charge >= 0.3 is 10.1 Å². The van der Waals surface area contributed by atoms with Gasteiger partial charge in [-0.2, -0.15) is 8.42 Å². The van der Waals surface area contributed by atoms with E-state index in [1.54, 1.807) is 45.0 Å². The van der Waals surface area contributed by atoms with Crippen molar-refractivity contribution in [2.45, 2.75) is 40.0 Å². The maximum atomic E-state index is 12.8. The Kier molecular flexibility index (Phi) is 5.84. The molecule has 0 radical (unpaired) electrons. The molecule has 0 spiro atoms. The van der Waals surface area contributed by atoms with E-state index >= 15 is 0 Å². The van der Waals surface area contributed by atoms with Crippen molar-refractivity contribution in [3.05, 3.63) is 74.9 Å². The lowest BCUT2D eigenvalue weighted by Gasteiger charge is -2.31. The Morgan fingerprint density at radius 2 is 2.00 bits per heavy atom. The van der Waals surface area contributed by atoms with Crippen LogP contribution in [0, 0.1) is 6.92 Å². The van der Waals surface area contributed by atoms with E-state index in [-0.39, 0.29) is 22.8 Å². The highest BCUT2D eigenvalue weighted by molar-refractivity contribution is 7.87. The number of para-hydroxylation sites is 1. The lowest BCUT2D eigenvalue weighted by Crippen LogP contribution is -2.24. The first kappa shape index (κ1) is 22.7. The number of ketones is 1. The molecule has 1 unspecified atom stereocenters. The number of Topliss-reactive ketones (excluding diaryl/α,β-unsaturated/α-hetero) is 1. The van der Waals surface area contributed by atoms with E-state index in [4.69, 9.17) is 8.60 Å². The van der Waals surface area contributed by atoms with E-state index in [2.05, 4.69) is 10.3 Å². The Morgan fingerprint density at radius 1 is 1.24 bits per heavy atom. The Morgan fingerprint density at radius 3 is 2.70 bits per heavy atom. The zero-order valence-electron chi connectivity index (χ0n) is 18.8. The Bertz CT molecular complexity index is 1470. The number of allylic oxidation sites excluding steroid dienone is 2. The van der Waals surface area contributed by atoms with Crippen LogP contribution in [0.2, 0.25) is 0 Å². The summed E-state index contributed by atoms with van der Waals surface area (Å²) in [4.78, 5) is 29.6. The first-order valence-corrected chi connectivity index (χ1v) is 12.1. The van der Waals surface area contributed by atoms with E-state index in [0.717, 1.165) is 0 Å². The van der Waals surface area contributed by atoms with E-state index in [1.807, 2.05) is 0 Å². The van der Waals surface area contributed by atoms with Crippen molar-refractivity contribution < 1.29 is 21.8 Å². The fraction of sp³-hybridized carbons (Fsp3) is 0.292. The molecule has 3 heterocycles. The van der Waals surface area contributed by atoms with Crippen molar-refractivity contribution in [2.24, 2.45) is 0 Å². The molecular weight excluding hydrogens is 444 g/mol. The lowest BCUT2D eigenvalue weighted by molar-refractivity contribution is -0.113. The van der Waals surface area contributed by atoms with Crippen molar-refractivity contribution in [1.29, 1.82) is 0 Å². The summed E-state index contributed by atoms with van der Waals surface area (Å²) in [5.41, 5.74) is 2.65. The van der Waals surface area contributed by atoms with Gasteiger partial charge in [-0.1, -0.05) is 19.1 Å². The predicted octanol–water partition coefficient (Wildman–Crippen LogP) is 4.04. The molecule has 0 saturated carbocycles. The number of carbonyl (C=O) groups excluding carboxylic acids is 1. The number of nitrogens with one attached hydrogen (secondary N) is 1. The van der Waals surface area contributed by atoms with E-state index < -0.39 is 16.0 Å². The minimum Gasteiger partial charge on any atom is -0.461 e. The van der Waals surface area contributed by atoms with Gasteiger partial charge in [0.2, 0.25) is 5.88 Å². The molecule has 0 aliphatic carbocycles. The molecule has 9 heteroatoms. The molecule has 8 nitrogen and oxygen atoms in total. The lowest BCUT2D eigenvalue weighted by atomic mass is 9.79. The van der Waals surface area contributed by atoms with Gasteiger partial charge in [0.05, 0.1) is 22.6 Å². The van der Waals surface area contributed by atoms with Crippen molar-refractivity contribution in [1.82, 2.24) is 4.98 Å². The van der Waals surface area contributed by atoms with E-state index in [9.17, 15) is 18.0 Å². The fourth-order valence-electron chi connectivity index (χ4n) is 4.27. The molecule has 1 aliphatic rings. The molecular formula is C24H24N2O6S. The van der Waals surface area contributed by atoms with Gasteiger partial charge in [0.25, 0.3) is 0 Å². The normalized spacial score (nSPS) is 15.8. The molecule has 0 bridgehead atoms. The number of nitrogens with zero attached hydrogens (tertiary/aromatic N) is 1. The number of carbonyl (C=O) groups is 1. The van der Waals surface area contributed by atoms with Crippen LogP contribution in [0.4, 0.5) is 5.69 Å². The monoisotopic (exact) mass is 468 g/mol. The topological polar surface area (TPSA) is 116 Å². The van der Waals surface area contributed by atoms with E-state index in [0.29, 0.717) is 51.2 Å².